The molecule has 0 aromatic heterocycles. The van der Waals surface area contributed by atoms with Gasteiger partial charge in [0.1, 0.15) is 0 Å². The van der Waals surface area contributed by atoms with E-state index in [1.165, 1.54) is 0 Å². The van der Waals surface area contributed by atoms with Crippen LogP contribution in [-0.2, 0) is 30.0 Å². The van der Waals surface area contributed by atoms with Crippen LogP contribution in [0.1, 0.15) is 0 Å². The summed E-state index contributed by atoms with van der Waals surface area (Å²) in [6, 6.07) is 0. The van der Waals surface area contributed by atoms with Gasteiger partial charge in [-0.2, -0.15) is 3.84 Å². The van der Waals surface area contributed by atoms with Crippen molar-refractivity contribution in [3.05, 3.63) is 0 Å². The van der Waals surface area contributed by atoms with Gasteiger partial charge in [-0.1, -0.05) is 0 Å². The molecule has 0 bridgehead atoms. The van der Waals surface area contributed by atoms with Crippen molar-refractivity contribution >= 4 is 46.9 Å². The third-order valence-electron chi connectivity index (χ3n) is 0. The Kier molecular flexibility index (Phi) is 56.0. The Morgan fingerprint density at radius 2 is 1.14 bits per heavy atom. The summed E-state index contributed by atoms with van der Waals surface area (Å²) in [5, 5.41) is 0.194. The molecule has 7 heavy (non-hydrogen) atoms. The van der Waals surface area contributed by atoms with Crippen molar-refractivity contribution in [2.75, 3.05) is 5.34 Å². The Labute approximate surface area is 81.7 Å². The maximum atomic E-state index is 4.76. The zero-order valence-electron chi connectivity index (χ0n) is 3.13. The zero-order valence-corrected chi connectivity index (χ0v) is 8.61. The van der Waals surface area contributed by atoms with E-state index < -0.39 is 0 Å². The first kappa shape index (κ1) is 16.0. The molecule has 0 unspecified atom stereocenters. The van der Waals surface area contributed by atoms with Crippen molar-refractivity contribution in [2.45, 2.75) is 0 Å². The Hall–Kier alpha value is 2.00. The fourth-order valence-corrected chi connectivity index (χ4v) is 0. The standard InChI is InChI=1S/CH2Cl2.Cl2O.Zr/c2-1-3;1-3-2;/h1H2;;. The van der Waals surface area contributed by atoms with E-state index in [0.717, 1.165) is 0 Å². The molecule has 0 radical (unpaired) electrons. The summed E-state index contributed by atoms with van der Waals surface area (Å²) < 4.78 is 3.19. The predicted octanol–water partition coefficient (Wildman–Crippen LogP) is 2.73. The van der Waals surface area contributed by atoms with Gasteiger partial charge in [0.2, 0.25) is 0 Å². The summed E-state index contributed by atoms with van der Waals surface area (Å²) in [7, 11) is 0. The van der Waals surface area contributed by atoms with Crippen molar-refractivity contribution in [1.29, 1.82) is 0 Å². The van der Waals surface area contributed by atoms with Crippen LogP contribution in [0, 0.1) is 0 Å². The first-order valence-electron chi connectivity index (χ1n) is 0.843. The van der Waals surface area contributed by atoms with Gasteiger partial charge in [-0.15, -0.1) is 23.2 Å². The van der Waals surface area contributed by atoms with Crippen LogP contribution in [0.5, 0.6) is 0 Å². The first-order valence-corrected chi connectivity index (χ1v) is 2.53. The molecular weight excluding hydrogens is 261 g/mol. The van der Waals surface area contributed by atoms with Crippen molar-refractivity contribution in [3.63, 3.8) is 0 Å². The maximum Gasteiger partial charge on any atom is 0.0967 e. The van der Waals surface area contributed by atoms with Gasteiger partial charge in [-0.05, 0) is 0 Å². The molecule has 0 aromatic rings. The minimum absolute atomic E-state index is 0. The van der Waals surface area contributed by atoms with Crippen LogP contribution in [0.3, 0.4) is 0 Å². The van der Waals surface area contributed by atoms with Crippen LogP contribution in [0.2, 0.25) is 0 Å². The molecule has 0 N–H and O–H groups in total. The summed E-state index contributed by atoms with van der Waals surface area (Å²) in [5.74, 6) is 0. The molecule has 0 rings (SSSR count). The van der Waals surface area contributed by atoms with Gasteiger partial charge < -0.3 is 0 Å². The second-order valence-corrected chi connectivity index (χ2v) is 1.43. The average molecular weight is 263 g/mol. The summed E-state index contributed by atoms with van der Waals surface area (Å²) in [6.45, 7) is 0. The smallest absolute Gasteiger partial charge is 0.0967 e. The molecule has 0 amide bonds. The van der Waals surface area contributed by atoms with E-state index in [0.29, 0.717) is 0 Å². The molecule has 0 aliphatic heterocycles. The van der Waals surface area contributed by atoms with Crippen molar-refractivity contribution in [3.8, 4) is 0 Å². The molecule has 0 heterocycles. The van der Waals surface area contributed by atoms with Crippen molar-refractivity contribution < 1.29 is 30.0 Å². The molecule has 0 atom stereocenters. The quantitative estimate of drug-likeness (QED) is 0.610. The zero-order chi connectivity index (χ0) is 5.41. The van der Waals surface area contributed by atoms with Gasteiger partial charge in [0.15, 0.2) is 0 Å². The molecular formula is CH2Cl4OZr. The van der Waals surface area contributed by atoms with Crippen LogP contribution in [0.15, 0.2) is 0 Å². The second kappa shape index (κ2) is 24.5. The maximum absolute atomic E-state index is 4.76. The normalized spacial score (nSPS) is 5.14. The molecule has 0 saturated carbocycles. The molecule has 0 fully saturated rings. The fourth-order valence-electron chi connectivity index (χ4n) is 0. The largest absolute Gasteiger partial charge is 0.166 e. The molecule has 0 aliphatic rings. The third-order valence-corrected chi connectivity index (χ3v) is 0. The van der Waals surface area contributed by atoms with Crippen LogP contribution in [0.25, 0.3) is 0 Å². The molecule has 6 heteroatoms. The number of hydrogen-bond acceptors (Lipinski definition) is 1. The Morgan fingerprint density at radius 1 is 1.14 bits per heavy atom. The minimum Gasteiger partial charge on any atom is -0.166 e. The van der Waals surface area contributed by atoms with Crippen LogP contribution >= 0.6 is 46.9 Å². The van der Waals surface area contributed by atoms with Crippen LogP contribution < -0.4 is 0 Å². The monoisotopic (exact) mass is 260 g/mol. The summed E-state index contributed by atoms with van der Waals surface area (Å²) in [4.78, 5) is 0. The number of rotatable bonds is 0. The van der Waals surface area contributed by atoms with E-state index in [2.05, 4.69) is 27.6 Å². The Morgan fingerprint density at radius 3 is 1.14 bits per heavy atom. The summed E-state index contributed by atoms with van der Waals surface area (Å²) in [5.41, 5.74) is 0. The SMILES string of the molecule is ClCCl.ClOCl.[Zr]. The van der Waals surface area contributed by atoms with E-state index in [-0.39, 0.29) is 31.5 Å². The molecule has 0 saturated heterocycles. The van der Waals surface area contributed by atoms with E-state index >= 15 is 0 Å². The summed E-state index contributed by atoms with van der Waals surface area (Å²) >= 11 is 18.1. The molecule has 0 spiro atoms. The van der Waals surface area contributed by atoms with Crippen molar-refractivity contribution in [2.24, 2.45) is 0 Å². The van der Waals surface area contributed by atoms with E-state index in [1.807, 2.05) is 0 Å². The van der Waals surface area contributed by atoms with Crippen LogP contribution in [-0.4, -0.2) is 5.34 Å². The second-order valence-electron chi connectivity index (χ2n) is 0.159. The molecule has 1 nitrogen and oxygen atoms in total. The third kappa shape index (κ3) is 71.9. The van der Waals surface area contributed by atoms with Crippen LogP contribution in [0.4, 0.5) is 0 Å². The minimum atomic E-state index is 0. The molecule has 0 aromatic carbocycles. The van der Waals surface area contributed by atoms with Gasteiger partial charge in [-0.3, -0.25) is 0 Å². The van der Waals surface area contributed by atoms with Gasteiger partial charge in [0.25, 0.3) is 0 Å². The Bertz CT molecular complexity index is 13.7. The van der Waals surface area contributed by atoms with E-state index in [1.54, 1.807) is 0 Å². The topological polar surface area (TPSA) is 9.23 Å². The van der Waals surface area contributed by atoms with Gasteiger partial charge in [0.05, 0.1) is 29.1 Å². The van der Waals surface area contributed by atoms with E-state index in [9.17, 15) is 0 Å². The number of hydrogen-bond donors (Lipinski definition) is 0. The van der Waals surface area contributed by atoms with Gasteiger partial charge in [-0.25, -0.2) is 0 Å². The van der Waals surface area contributed by atoms with Gasteiger partial charge >= 0.3 is 0 Å². The summed E-state index contributed by atoms with van der Waals surface area (Å²) in [6.07, 6.45) is 0. The number of alkyl halides is 2. The van der Waals surface area contributed by atoms with Gasteiger partial charge in [0, 0.05) is 26.2 Å². The average Bonchev–Trinajstić information content (AvgIpc) is 1.39. The fraction of sp³-hybridized carbons (Fsp3) is 1.00. The Balaban J connectivity index is -0.0000000400. The first-order chi connectivity index (χ1) is 2.83. The predicted molar refractivity (Wildman–Crippen MR) is 29.4 cm³/mol. The van der Waals surface area contributed by atoms with Crippen molar-refractivity contribution in [1.82, 2.24) is 0 Å². The molecule has 0 aliphatic carbocycles. The van der Waals surface area contributed by atoms with E-state index in [4.69, 9.17) is 23.2 Å². The number of halogens is 4. The molecule has 44 valence electrons.